The Morgan fingerprint density at radius 1 is 1.14 bits per heavy atom. The van der Waals surface area contributed by atoms with Gasteiger partial charge >= 0.3 is 6.36 Å². The summed E-state index contributed by atoms with van der Waals surface area (Å²) in [5, 5.41) is 2.47. The summed E-state index contributed by atoms with van der Waals surface area (Å²) in [7, 11) is 2.53. The highest BCUT2D eigenvalue weighted by atomic mass is 19.4. The number of nitrogens with one attached hydrogen (secondary N) is 2. The largest absolute Gasteiger partial charge is 0.573 e. The topological polar surface area (TPSA) is 115 Å². The molecule has 1 aromatic carbocycles. The molecule has 2 heterocycles. The summed E-state index contributed by atoms with van der Waals surface area (Å²) in [5.74, 6) is -4.21. The van der Waals surface area contributed by atoms with Crippen LogP contribution in [0, 0.1) is 11.6 Å². The zero-order valence-corrected chi connectivity index (χ0v) is 18.1. The quantitative estimate of drug-likeness (QED) is 0.457. The maximum atomic E-state index is 14.2. The number of methoxy groups -OCH3 is 2. The number of rotatable bonds is 8. The van der Waals surface area contributed by atoms with E-state index >= 15 is 0 Å². The van der Waals surface area contributed by atoms with E-state index in [2.05, 4.69) is 25.0 Å². The van der Waals surface area contributed by atoms with Crippen molar-refractivity contribution in [3.8, 4) is 23.0 Å². The SMILES string of the molecule is COC[C@@H](NC(=O)c1cc(=O)[nH]c(-c2ncc(F)cc2OC)n1)c1ccc(OC(F)(F)F)c(F)c1. The third-order valence-electron chi connectivity index (χ3n) is 4.46. The maximum absolute atomic E-state index is 14.2. The van der Waals surface area contributed by atoms with Gasteiger partial charge in [-0.1, -0.05) is 6.07 Å². The molecule has 1 amide bonds. The number of aromatic nitrogens is 3. The van der Waals surface area contributed by atoms with Gasteiger partial charge in [0.05, 0.1) is 26.0 Å². The highest BCUT2D eigenvalue weighted by Crippen LogP contribution is 2.28. The average Bonchev–Trinajstić information content (AvgIpc) is 2.78. The number of pyridine rings is 1. The Morgan fingerprint density at radius 2 is 1.89 bits per heavy atom. The van der Waals surface area contributed by atoms with E-state index < -0.39 is 41.3 Å². The van der Waals surface area contributed by atoms with Crippen molar-refractivity contribution in [1.29, 1.82) is 0 Å². The predicted molar refractivity (Wildman–Crippen MR) is 110 cm³/mol. The van der Waals surface area contributed by atoms with Gasteiger partial charge in [-0.3, -0.25) is 9.59 Å². The van der Waals surface area contributed by atoms with Crippen LogP contribution in [0.15, 0.2) is 41.3 Å². The average molecular weight is 500 g/mol. The van der Waals surface area contributed by atoms with Gasteiger partial charge < -0.3 is 24.5 Å². The Morgan fingerprint density at radius 3 is 2.51 bits per heavy atom. The molecular weight excluding hydrogens is 483 g/mol. The molecule has 0 radical (unpaired) electrons. The molecule has 1 atom stereocenters. The number of carbonyl (C=O) groups excluding carboxylic acids is 1. The molecule has 0 aliphatic heterocycles. The van der Waals surface area contributed by atoms with Crippen LogP contribution in [0.5, 0.6) is 11.5 Å². The fraction of sp³-hybridized carbons (Fsp3) is 0.238. The molecule has 0 bridgehead atoms. The summed E-state index contributed by atoms with van der Waals surface area (Å²) in [6.45, 7) is -0.200. The molecule has 186 valence electrons. The minimum absolute atomic E-state index is 0.0450. The Labute approximate surface area is 193 Å². The number of hydrogen-bond donors (Lipinski definition) is 2. The third-order valence-corrected chi connectivity index (χ3v) is 4.46. The summed E-state index contributed by atoms with van der Waals surface area (Å²) < 4.78 is 78.4. The van der Waals surface area contributed by atoms with Gasteiger partial charge in [-0.2, -0.15) is 0 Å². The van der Waals surface area contributed by atoms with Crippen molar-refractivity contribution < 1.29 is 41.0 Å². The van der Waals surface area contributed by atoms with Gasteiger partial charge in [0.2, 0.25) is 0 Å². The van der Waals surface area contributed by atoms with E-state index in [1.165, 1.54) is 14.2 Å². The second-order valence-electron chi connectivity index (χ2n) is 6.90. The second-order valence-corrected chi connectivity index (χ2v) is 6.90. The first-order valence-electron chi connectivity index (χ1n) is 9.67. The molecule has 0 fully saturated rings. The first-order valence-corrected chi connectivity index (χ1v) is 9.67. The van der Waals surface area contributed by atoms with Crippen molar-refractivity contribution in [2.24, 2.45) is 0 Å². The fourth-order valence-electron chi connectivity index (χ4n) is 3.00. The Balaban J connectivity index is 1.90. The number of nitrogens with zero attached hydrogens (tertiary/aromatic N) is 2. The lowest BCUT2D eigenvalue weighted by atomic mass is 10.1. The maximum Gasteiger partial charge on any atom is 0.573 e. The molecule has 2 N–H and O–H groups in total. The van der Waals surface area contributed by atoms with E-state index in [1.807, 2.05) is 0 Å². The highest BCUT2D eigenvalue weighted by Gasteiger charge is 2.32. The predicted octanol–water partition coefficient (Wildman–Crippen LogP) is 3.13. The van der Waals surface area contributed by atoms with E-state index in [9.17, 15) is 31.5 Å². The number of H-pyrrole nitrogens is 1. The molecule has 3 rings (SSSR count). The van der Waals surface area contributed by atoms with Crippen molar-refractivity contribution in [3.63, 3.8) is 0 Å². The van der Waals surface area contributed by atoms with E-state index in [0.29, 0.717) is 0 Å². The number of carbonyl (C=O) groups is 1. The molecule has 2 aromatic heterocycles. The molecule has 9 nitrogen and oxygen atoms in total. The lowest BCUT2D eigenvalue weighted by Gasteiger charge is -2.19. The van der Waals surface area contributed by atoms with E-state index in [1.54, 1.807) is 0 Å². The van der Waals surface area contributed by atoms with E-state index in [0.717, 1.165) is 36.5 Å². The van der Waals surface area contributed by atoms with Gasteiger partial charge in [0.15, 0.2) is 23.1 Å². The molecule has 0 saturated heterocycles. The summed E-state index contributed by atoms with van der Waals surface area (Å²) >= 11 is 0. The molecule has 3 aromatic rings. The molecule has 0 spiro atoms. The van der Waals surface area contributed by atoms with Crippen molar-refractivity contribution in [2.45, 2.75) is 12.4 Å². The zero-order valence-electron chi connectivity index (χ0n) is 18.1. The van der Waals surface area contributed by atoms with Gasteiger partial charge in [0, 0.05) is 19.2 Å². The molecule has 0 aliphatic carbocycles. The Kier molecular flexibility index (Phi) is 7.64. The van der Waals surface area contributed by atoms with Gasteiger partial charge in [-0.05, 0) is 17.7 Å². The standard InChI is InChI=1S/C21H17F5N4O5/c1-33-9-14(10-3-4-15(12(23)5-10)35-21(24,25)26)29-20(32)13-7-17(31)30-19(28-13)18-16(34-2)6-11(22)8-27-18/h3-8,14H,9H2,1-2H3,(H,29,32)(H,28,30,31)/t14-/m1/s1. The van der Waals surface area contributed by atoms with Gasteiger partial charge in [0.25, 0.3) is 11.5 Å². The second kappa shape index (κ2) is 10.5. The summed E-state index contributed by atoms with van der Waals surface area (Å²) in [5.41, 5.74) is -1.11. The number of alkyl halides is 3. The molecule has 0 unspecified atom stereocenters. The molecule has 0 saturated carbocycles. The molecule has 35 heavy (non-hydrogen) atoms. The van der Waals surface area contributed by atoms with Crippen LogP contribution in [-0.2, 0) is 4.74 Å². The van der Waals surface area contributed by atoms with Crippen LogP contribution in [0.1, 0.15) is 22.1 Å². The van der Waals surface area contributed by atoms with Crippen LogP contribution in [0.4, 0.5) is 22.0 Å². The number of benzene rings is 1. The normalized spacial score (nSPS) is 12.2. The smallest absolute Gasteiger partial charge is 0.494 e. The van der Waals surface area contributed by atoms with Crippen molar-refractivity contribution in [1.82, 2.24) is 20.3 Å². The first kappa shape index (κ1) is 25.6. The van der Waals surface area contributed by atoms with Gasteiger partial charge in [0.1, 0.15) is 17.2 Å². The number of aromatic amines is 1. The fourth-order valence-corrected chi connectivity index (χ4v) is 3.00. The monoisotopic (exact) mass is 500 g/mol. The van der Waals surface area contributed by atoms with Crippen molar-refractivity contribution in [2.75, 3.05) is 20.8 Å². The summed E-state index contributed by atoms with van der Waals surface area (Å²) in [6.07, 6.45) is -4.23. The van der Waals surface area contributed by atoms with Crippen LogP contribution in [0.25, 0.3) is 11.5 Å². The zero-order chi connectivity index (χ0) is 25.8. The summed E-state index contributed by atoms with van der Waals surface area (Å²) in [4.78, 5) is 35.2. The van der Waals surface area contributed by atoms with E-state index in [4.69, 9.17) is 9.47 Å². The summed E-state index contributed by atoms with van der Waals surface area (Å²) in [6, 6.07) is 3.45. The minimum atomic E-state index is -5.09. The van der Waals surface area contributed by atoms with Crippen molar-refractivity contribution >= 4 is 5.91 Å². The third kappa shape index (κ3) is 6.50. The number of hydrogen-bond acceptors (Lipinski definition) is 7. The molecule has 0 aliphatic rings. The van der Waals surface area contributed by atoms with Crippen LogP contribution >= 0.6 is 0 Å². The van der Waals surface area contributed by atoms with Gasteiger partial charge in [-0.25, -0.2) is 18.7 Å². The lowest BCUT2D eigenvalue weighted by Crippen LogP contribution is -2.33. The van der Waals surface area contributed by atoms with Gasteiger partial charge in [-0.15, -0.1) is 13.2 Å². The molecular formula is C21H17F5N4O5. The minimum Gasteiger partial charge on any atom is -0.494 e. The van der Waals surface area contributed by atoms with Crippen LogP contribution in [0.3, 0.4) is 0 Å². The molecule has 14 heteroatoms. The number of ether oxygens (including phenoxy) is 3. The lowest BCUT2D eigenvalue weighted by molar-refractivity contribution is -0.275. The van der Waals surface area contributed by atoms with E-state index in [-0.39, 0.29) is 35.1 Å². The van der Waals surface area contributed by atoms with Crippen LogP contribution < -0.4 is 20.3 Å². The number of halogens is 5. The Bertz CT molecular complexity index is 1280. The highest BCUT2D eigenvalue weighted by molar-refractivity contribution is 5.92. The Hall–Kier alpha value is -4.07. The first-order chi connectivity index (χ1) is 16.5. The van der Waals surface area contributed by atoms with Crippen LogP contribution in [0.2, 0.25) is 0 Å². The number of amides is 1. The van der Waals surface area contributed by atoms with Crippen LogP contribution in [-0.4, -0.2) is 48.0 Å². The van der Waals surface area contributed by atoms with Crippen molar-refractivity contribution in [3.05, 3.63) is 69.8 Å².